The molecule has 0 aliphatic rings. The van der Waals surface area contributed by atoms with Crippen LogP contribution in [0.1, 0.15) is 30.8 Å². The number of hydrogen-bond donors (Lipinski definition) is 2. The van der Waals surface area contributed by atoms with Gasteiger partial charge in [-0.2, -0.15) is 0 Å². The van der Waals surface area contributed by atoms with Crippen molar-refractivity contribution in [1.82, 2.24) is 9.88 Å². The number of carbonyl (C=O) groups excluding carboxylic acids is 1. The highest BCUT2D eigenvalue weighted by Gasteiger charge is 2.14. The number of nitrogens with two attached hydrogens (primary N) is 1. The van der Waals surface area contributed by atoms with E-state index in [2.05, 4.69) is 10.4 Å². The molecule has 0 atom stereocenters. The summed E-state index contributed by atoms with van der Waals surface area (Å²) in [5.41, 5.74) is 2.85. The number of amides is 1. The number of anilines is 1. The van der Waals surface area contributed by atoms with Crippen molar-refractivity contribution in [3.05, 3.63) is 23.9 Å². The maximum absolute atomic E-state index is 12.0. The molecule has 1 aromatic heterocycles. The summed E-state index contributed by atoms with van der Waals surface area (Å²) in [5, 5.41) is 0. The highest BCUT2D eigenvalue weighted by molar-refractivity contribution is 5.92. The standard InChI is InChI=1S/C11H18N4O/c1-3-8-15(4-2)11(16)9-6-5-7-10(13-9)14-12/h5-7H,3-4,8,12H2,1-2H3,(H,13,14). The lowest BCUT2D eigenvalue weighted by Gasteiger charge is -2.19. The fourth-order valence-electron chi connectivity index (χ4n) is 1.47. The topological polar surface area (TPSA) is 71.2 Å². The van der Waals surface area contributed by atoms with Gasteiger partial charge in [-0.1, -0.05) is 13.0 Å². The minimum Gasteiger partial charge on any atom is -0.338 e. The van der Waals surface area contributed by atoms with Gasteiger partial charge in [-0.25, -0.2) is 10.8 Å². The Kier molecular flexibility index (Phi) is 4.72. The molecule has 0 aliphatic heterocycles. The van der Waals surface area contributed by atoms with Gasteiger partial charge in [0.25, 0.3) is 5.91 Å². The number of aromatic nitrogens is 1. The molecule has 0 unspecified atom stereocenters. The first kappa shape index (κ1) is 12.4. The van der Waals surface area contributed by atoms with E-state index in [1.54, 1.807) is 23.1 Å². The number of hydrogen-bond acceptors (Lipinski definition) is 4. The lowest BCUT2D eigenvalue weighted by atomic mass is 10.3. The molecular formula is C11H18N4O. The maximum atomic E-state index is 12.0. The van der Waals surface area contributed by atoms with E-state index >= 15 is 0 Å². The summed E-state index contributed by atoms with van der Waals surface area (Å²) in [6.45, 7) is 5.44. The van der Waals surface area contributed by atoms with Gasteiger partial charge in [0, 0.05) is 13.1 Å². The van der Waals surface area contributed by atoms with Crippen LogP contribution in [-0.2, 0) is 0 Å². The molecular weight excluding hydrogens is 204 g/mol. The van der Waals surface area contributed by atoms with Crippen LogP contribution in [0.5, 0.6) is 0 Å². The largest absolute Gasteiger partial charge is 0.338 e. The first-order valence-electron chi connectivity index (χ1n) is 5.45. The molecule has 1 rings (SSSR count). The van der Waals surface area contributed by atoms with E-state index in [0.717, 1.165) is 13.0 Å². The molecule has 0 saturated heterocycles. The molecule has 3 N–H and O–H groups in total. The van der Waals surface area contributed by atoms with Crippen molar-refractivity contribution in [3.8, 4) is 0 Å². The Morgan fingerprint density at radius 3 is 2.81 bits per heavy atom. The van der Waals surface area contributed by atoms with Crippen molar-refractivity contribution < 1.29 is 4.79 Å². The van der Waals surface area contributed by atoms with E-state index in [9.17, 15) is 4.79 Å². The van der Waals surface area contributed by atoms with Crippen molar-refractivity contribution in [1.29, 1.82) is 0 Å². The van der Waals surface area contributed by atoms with Gasteiger partial charge in [-0.3, -0.25) is 4.79 Å². The second kappa shape index (κ2) is 6.07. The van der Waals surface area contributed by atoms with Crippen molar-refractivity contribution in [2.24, 2.45) is 5.84 Å². The fourth-order valence-corrected chi connectivity index (χ4v) is 1.47. The SMILES string of the molecule is CCCN(CC)C(=O)c1cccc(NN)n1. The van der Waals surface area contributed by atoms with E-state index in [1.165, 1.54) is 0 Å². The lowest BCUT2D eigenvalue weighted by Crippen LogP contribution is -2.32. The Labute approximate surface area is 95.6 Å². The van der Waals surface area contributed by atoms with Crippen LogP contribution >= 0.6 is 0 Å². The van der Waals surface area contributed by atoms with Gasteiger partial charge in [-0.05, 0) is 25.5 Å². The lowest BCUT2D eigenvalue weighted by molar-refractivity contribution is 0.0759. The Bertz CT molecular complexity index is 354. The van der Waals surface area contributed by atoms with Crippen molar-refractivity contribution in [2.45, 2.75) is 20.3 Å². The van der Waals surface area contributed by atoms with Gasteiger partial charge in [0.15, 0.2) is 0 Å². The Hall–Kier alpha value is -1.62. The molecule has 0 radical (unpaired) electrons. The maximum Gasteiger partial charge on any atom is 0.272 e. The third-order valence-electron chi connectivity index (χ3n) is 2.28. The van der Waals surface area contributed by atoms with Crippen LogP contribution in [0.15, 0.2) is 18.2 Å². The molecule has 88 valence electrons. The average molecular weight is 222 g/mol. The normalized spacial score (nSPS) is 9.94. The number of nitrogen functional groups attached to an aromatic ring is 1. The summed E-state index contributed by atoms with van der Waals surface area (Å²) in [7, 11) is 0. The van der Waals surface area contributed by atoms with Crippen LogP contribution < -0.4 is 11.3 Å². The smallest absolute Gasteiger partial charge is 0.272 e. The van der Waals surface area contributed by atoms with E-state index in [0.29, 0.717) is 18.1 Å². The quantitative estimate of drug-likeness (QED) is 0.581. The van der Waals surface area contributed by atoms with E-state index in [1.807, 2.05) is 13.8 Å². The third-order valence-corrected chi connectivity index (χ3v) is 2.28. The van der Waals surface area contributed by atoms with E-state index in [4.69, 9.17) is 5.84 Å². The highest BCUT2D eigenvalue weighted by atomic mass is 16.2. The van der Waals surface area contributed by atoms with Gasteiger partial charge in [0.1, 0.15) is 11.5 Å². The minimum atomic E-state index is -0.0542. The Morgan fingerprint density at radius 2 is 2.25 bits per heavy atom. The third kappa shape index (κ3) is 2.93. The first-order valence-corrected chi connectivity index (χ1v) is 5.45. The Balaban J connectivity index is 2.85. The molecule has 0 saturated carbocycles. The summed E-state index contributed by atoms with van der Waals surface area (Å²) in [4.78, 5) is 17.9. The zero-order chi connectivity index (χ0) is 12.0. The fraction of sp³-hybridized carbons (Fsp3) is 0.455. The number of carbonyl (C=O) groups is 1. The summed E-state index contributed by atoms with van der Waals surface area (Å²) < 4.78 is 0. The van der Waals surface area contributed by atoms with Gasteiger partial charge in [0.05, 0.1) is 0 Å². The van der Waals surface area contributed by atoms with Crippen LogP contribution in [0.4, 0.5) is 5.82 Å². The monoisotopic (exact) mass is 222 g/mol. The number of rotatable bonds is 5. The van der Waals surface area contributed by atoms with Crippen LogP contribution in [0.25, 0.3) is 0 Å². The number of nitrogens with zero attached hydrogens (tertiary/aromatic N) is 2. The zero-order valence-corrected chi connectivity index (χ0v) is 9.73. The van der Waals surface area contributed by atoms with Crippen LogP contribution in [0, 0.1) is 0 Å². The first-order chi connectivity index (χ1) is 7.72. The molecule has 1 amide bonds. The van der Waals surface area contributed by atoms with Gasteiger partial charge >= 0.3 is 0 Å². The summed E-state index contributed by atoms with van der Waals surface area (Å²) in [6.07, 6.45) is 0.939. The molecule has 1 heterocycles. The number of hydrazine groups is 1. The predicted octanol–water partition coefficient (Wildman–Crippen LogP) is 1.24. The van der Waals surface area contributed by atoms with Crippen LogP contribution in [-0.4, -0.2) is 28.9 Å². The molecule has 16 heavy (non-hydrogen) atoms. The molecule has 0 spiro atoms. The zero-order valence-electron chi connectivity index (χ0n) is 9.73. The Morgan fingerprint density at radius 1 is 1.50 bits per heavy atom. The van der Waals surface area contributed by atoms with Gasteiger partial charge < -0.3 is 10.3 Å². The summed E-state index contributed by atoms with van der Waals surface area (Å²) in [6, 6.07) is 5.17. The summed E-state index contributed by atoms with van der Waals surface area (Å²) in [5.74, 6) is 5.69. The molecule has 1 aromatic rings. The minimum absolute atomic E-state index is 0.0542. The molecule has 0 aromatic carbocycles. The van der Waals surface area contributed by atoms with E-state index < -0.39 is 0 Å². The molecule has 5 heteroatoms. The molecule has 0 fully saturated rings. The van der Waals surface area contributed by atoms with Crippen molar-refractivity contribution >= 4 is 11.7 Å². The second-order valence-corrected chi connectivity index (χ2v) is 3.44. The number of nitrogens with one attached hydrogen (secondary N) is 1. The van der Waals surface area contributed by atoms with Gasteiger partial charge in [-0.15, -0.1) is 0 Å². The average Bonchev–Trinajstić information content (AvgIpc) is 2.35. The molecule has 5 nitrogen and oxygen atoms in total. The van der Waals surface area contributed by atoms with E-state index in [-0.39, 0.29) is 5.91 Å². The van der Waals surface area contributed by atoms with Crippen LogP contribution in [0.3, 0.4) is 0 Å². The second-order valence-electron chi connectivity index (χ2n) is 3.44. The predicted molar refractivity (Wildman–Crippen MR) is 63.9 cm³/mol. The summed E-state index contributed by atoms with van der Waals surface area (Å²) >= 11 is 0. The van der Waals surface area contributed by atoms with Crippen molar-refractivity contribution in [2.75, 3.05) is 18.5 Å². The number of pyridine rings is 1. The van der Waals surface area contributed by atoms with Crippen molar-refractivity contribution in [3.63, 3.8) is 0 Å². The molecule has 0 aliphatic carbocycles. The highest BCUT2D eigenvalue weighted by Crippen LogP contribution is 2.07. The van der Waals surface area contributed by atoms with Crippen LogP contribution in [0.2, 0.25) is 0 Å². The molecule has 0 bridgehead atoms. The van der Waals surface area contributed by atoms with Gasteiger partial charge in [0.2, 0.25) is 0 Å².